The molecule has 64 heavy (non-hydrogen) atoms. The first kappa shape index (κ1) is 65.3. The Hall–Kier alpha value is 1.27. The van der Waals surface area contributed by atoms with Gasteiger partial charge in [0, 0.05) is 5.57 Å². The van der Waals surface area contributed by atoms with Gasteiger partial charge in [-0.25, -0.2) is 9.36 Å². The topological polar surface area (TPSA) is 174 Å². The third-order valence-electron chi connectivity index (χ3n) is 8.09. The molecule has 0 aromatic carbocycles. The number of ether oxygens (including phenoxy) is 1. The number of phosphoric acid groups is 1. The largest absolute Gasteiger partial charge is 0.472 e. The summed E-state index contributed by atoms with van der Waals surface area (Å²) in [5.74, 6) is -0.423. The first-order valence-electron chi connectivity index (χ1n) is 22.1. The van der Waals surface area contributed by atoms with Crippen LogP contribution in [0.4, 0.5) is 0 Å². The number of hydrogen-bond acceptors (Lipinski definition) is 15. The molecular formula is C35H93NO16PSi11+. The molecule has 1 atom stereocenters. The summed E-state index contributed by atoms with van der Waals surface area (Å²) in [7, 11) is -29.7. The minimum absolute atomic E-state index is 0.0881. The Morgan fingerprint density at radius 1 is 0.500 bits per heavy atom. The molecule has 0 aliphatic rings. The summed E-state index contributed by atoms with van der Waals surface area (Å²) in [6.07, 6.45) is 1.58. The molecule has 1 unspecified atom stereocenters. The van der Waals surface area contributed by atoms with Crippen molar-refractivity contribution in [1.29, 1.82) is 0 Å². The fourth-order valence-corrected chi connectivity index (χ4v) is 65.8. The van der Waals surface area contributed by atoms with Crippen molar-refractivity contribution in [2.75, 3.05) is 46.3 Å². The van der Waals surface area contributed by atoms with Crippen LogP contribution in [0.2, 0.25) is 144 Å². The van der Waals surface area contributed by atoms with E-state index >= 15 is 0 Å². The van der Waals surface area contributed by atoms with Crippen LogP contribution in [0.1, 0.15) is 20.3 Å². The van der Waals surface area contributed by atoms with Gasteiger partial charge in [0.15, 0.2) is 0 Å². The number of quaternary nitrogens is 1. The molecule has 0 aliphatic heterocycles. The lowest BCUT2D eigenvalue weighted by molar-refractivity contribution is -0.881. The predicted molar refractivity (Wildman–Crippen MR) is 283 cm³/mol. The molecule has 1 N–H and O–H groups in total. The van der Waals surface area contributed by atoms with Crippen molar-refractivity contribution >= 4 is 107 Å². The van der Waals surface area contributed by atoms with Crippen LogP contribution in [0.5, 0.6) is 0 Å². The molecule has 0 aromatic rings. The first-order chi connectivity index (χ1) is 27.9. The average molecular weight is 1120 g/mol. The van der Waals surface area contributed by atoms with Gasteiger partial charge in [-0.15, -0.1) is 0 Å². The number of nitrogens with zero attached hydrogens (tertiary/aromatic N) is 1. The Labute approximate surface area is 401 Å². The van der Waals surface area contributed by atoms with E-state index in [-0.39, 0.29) is 19.4 Å². The van der Waals surface area contributed by atoms with Crippen LogP contribution in [0, 0.1) is 0 Å². The van der Waals surface area contributed by atoms with E-state index in [1.165, 1.54) is 0 Å². The summed E-state index contributed by atoms with van der Waals surface area (Å²) in [5.41, 5.74) is 0.354. The number of hydrogen-bond donors (Lipinski definition) is 1. The van der Waals surface area contributed by atoms with E-state index in [1.54, 1.807) is 6.92 Å². The molecule has 29 heteroatoms. The quantitative estimate of drug-likeness (QED) is 0.0221. The van der Waals surface area contributed by atoms with E-state index in [0.29, 0.717) is 23.0 Å². The standard InChI is InChI=1S/C35H92NO16PSi11/c1-28-30-41-53(38,39)42-31-29-36(4,5)32-54(6,7)43-56(10,11)45-58(14,15)47-60(18,19)49-62(22,23)51-64(26,27)52-63(24,25)50-61(20,21)48-59(16,17)46-57(12,13)44-55(8,9)33-40-35(37)34(2)3/h2,28-33H2,1,3-27H3/p+1. The highest BCUT2D eigenvalue weighted by atomic mass is 31.2. The molecule has 0 rings (SSSR count). The van der Waals surface area contributed by atoms with Crippen LogP contribution in [-0.4, -0.2) is 155 Å². The summed E-state index contributed by atoms with van der Waals surface area (Å²) in [6, 6.07) is 0. The normalized spacial score (nSPS) is 15.9. The van der Waals surface area contributed by atoms with Gasteiger partial charge in [-0.05, 0) is 157 Å². The molecule has 0 fully saturated rings. The van der Waals surface area contributed by atoms with Crippen molar-refractivity contribution < 1.29 is 73.7 Å². The summed E-state index contributed by atoms with van der Waals surface area (Å²) < 4.78 is 96.2. The molecule has 0 saturated carbocycles. The third kappa shape index (κ3) is 30.1. The van der Waals surface area contributed by atoms with Crippen LogP contribution in [0.25, 0.3) is 0 Å². The van der Waals surface area contributed by atoms with Crippen molar-refractivity contribution in [1.82, 2.24) is 0 Å². The molecule has 0 aromatic heterocycles. The third-order valence-corrected chi connectivity index (χ3v) is 51.4. The van der Waals surface area contributed by atoms with Gasteiger partial charge < -0.3 is 55.3 Å². The highest BCUT2D eigenvalue weighted by Crippen LogP contribution is 2.43. The second-order valence-electron chi connectivity index (χ2n) is 22.4. The Morgan fingerprint density at radius 2 is 0.766 bits per heavy atom. The lowest BCUT2D eigenvalue weighted by Crippen LogP contribution is -2.63. The molecule has 0 heterocycles. The zero-order valence-corrected chi connectivity index (χ0v) is 56.8. The second-order valence-corrected chi connectivity index (χ2v) is 64.9. The minimum atomic E-state index is -4.07. The molecule has 0 spiro atoms. The lowest BCUT2D eigenvalue weighted by Gasteiger charge is -2.45. The summed E-state index contributed by atoms with van der Waals surface area (Å²) in [6.45, 7) is 52.8. The van der Waals surface area contributed by atoms with Crippen LogP contribution in [-0.2, 0) is 64.3 Å². The first-order valence-corrected chi connectivity index (χ1v) is 55.2. The minimum Gasteiger partial charge on any atom is -0.463 e. The number of likely N-dealkylation sites (N-methyl/N-ethyl adjacent to an activating group) is 1. The zero-order valence-electron chi connectivity index (χ0n) is 44.9. The number of phosphoric ester groups is 1. The van der Waals surface area contributed by atoms with Gasteiger partial charge in [0.1, 0.15) is 19.4 Å². The molecule has 0 radical (unpaired) electrons. The van der Waals surface area contributed by atoms with Crippen LogP contribution in [0.15, 0.2) is 12.2 Å². The Kier molecular flexibility index (Phi) is 24.1. The monoisotopic (exact) mass is 1120 g/mol. The molecule has 382 valence electrons. The Bertz CT molecular complexity index is 1580. The van der Waals surface area contributed by atoms with Gasteiger partial charge in [0.25, 0.3) is 0 Å². The van der Waals surface area contributed by atoms with E-state index in [2.05, 4.69) is 46.9 Å². The van der Waals surface area contributed by atoms with E-state index in [9.17, 15) is 14.3 Å². The van der Waals surface area contributed by atoms with Crippen molar-refractivity contribution in [3.8, 4) is 0 Å². The Morgan fingerprint density at radius 3 is 1.05 bits per heavy atom. The fraction of sp³-hybridized carbons (Fsp3) is 0.914. The maximum atomic E-state index is 12.2. The number of esters is 1. The van der Waals surface area contributed by atoms with Crippen LogP contribution in [0.3, 0.4) is 0 Å². The van der Waals surface area contributed by atoms with Crippen molar-refractivity contribution in [3.63, 3.8) is 0 Å². The van der Waals surface area contributed by atoms with Gasteiger partial charge in [0.05, 0.1) is 26.9 Å². The summed E-state index contributed by atoms with van der Waals surface area (Å²) in [4.78, 5) is 22.0. The smallest absolute Gasteiger partial charge is 0.463 e. The van der Waals surface area contributed by atoms with Crippen molar-refractivity contribution in [2.45, 2.75) is 164 Å². The lowest BCUT2D eigenvalue weighted by atomic mass is 10.4. The molecule has 0 aliphatic carbocycles. The van der Waals surface area contributed by atoms with E-state index in [1.807, 2.05) is 125 Å². The van der Waals surface area contributed by atoms with E-state index < -0.39 is 107 Å². The maximum absolute atomic E-state index is 12.2. The highest BCUT2D eigenvalue weighted by molar-refractivity contribution is 7.47. The maximum Gasteiger partial charge on any atom is 0.472 e. The van der Waals surface area contributed by atoms with Crippen LogP contribution < -0.4 is 0 Å². The average Bonchev–Trinajstić information content (AvgIpc) is 2.91. The molecule has 0 amide bonds. The van der Waals surface area contributed by atoms with Gasteiger partial charge >= 0.3 is 90.8 Å². The number of carbonyl (C=O) groups is 1. The SMILES string of the molecule is C=C(C)C(=O)OC[Si](C)(C)O[Si](C)(C)O[Si](C)(C)O[Si](C)(C)O[Si](C)(C)O[Si](C)(C)O[Si](C)(C)O[Si](C)(C)O[Si](C)(C)O[Si](C)(C)O[Si](C)(C)C[N+](C)(C)CCOP(=O)(O)OCCC. The van der Waals surface area contributed by atoms with E-state index in [4.69, 9.17) is 54.9 Å². The second kappa shape index (κ2) is 23.7. The Balaban J connectivity index is 5.58. The van der Waals surface area contributed by atoms with Gasteiger partial charge in [0.2, 0.25) is 16.6 Å². The predicted octanol–water partition coefficient (Wildman–Crippen LogP) is 9.70. The zero-order chi connectivity index (χ0) is 51.1. The highest BCUT2D eigenvalue weighted by Gasteiger charge is 2.51. The van der Waals surface area contributed by atoms with Crippen molar-refractivity contribution in [3.05, 3.63) is 12.2 Å². The van der Waals surface area contributed by atoms with Crippen LogP contribution >= 0.6 is 7.82 Å². The number of rotatable bonds is 32. The van der Waals surface area contributed by atoms with E-state index in [0.717, 1.165) is 6.17 Å². The number of carbonyl (C=O) groups excluding carboxylic acids is 1. The fourth-order valence-electron chi connectivity index (χ4n) is 8.44. The molecule has 17 nitrogen and oxygen atoms in total. The van der Waals surface area contributed by atoms with Gasteiger partial charge in [-0.3, -0.25) is 9.05 Å². The van der Waals surface area contributed by atoms with Crippen molar-refractivity contribution in [2.24, 2.45) is 0 Å². The molecular weight excluding hydrogens is 1030 g/mol. The summed E-state index contributed by atoms with van der Waals surface area (Å²) in [5, 5.41) is 0. The summed E-state index contributed by atoms with van der Waals surface area (Å²) >= 11 is 0. The van der Waals surface area contributed by atoms with Gasteiger partial charge in [-0.2, -0.15) is 0 Å². The van der Waals surface area contributed by atoms with Gasteiger partial charge in [-0.1, -0.05) is 13.5 Å². The molecule has 0 bridgehead atoms. The molecule has 0 saturated heterocycles.